The molecule has 2 N–H and O–H groups in total. The highest BCUT2D eigenvalue weighted by molar-refractivity contribution is 5.94. The molecule has 3 rings (SSSR count). The Bertz CT molecular complexity index is 936. The number of carbonyl (C=O) groups is 1. The van der Waals surface area contributed by atoms with Crippen LogP contribution in [0.2, 0.25) is 0 Å². The Hall–Kier alpha value is -2.99. The fourth-order valence-corrected chi connectivity index (χ4v) is 2.69. The number of carbonyl (C=O) groups excluding carboxylic acids is 1. The molecule has 0 aliphatic heterocycles. The van der Waals surface area contributed by atoms with E-state index >= 15 is 0 Å². The van der Waals surface area contributed by atoms with Crippen LogP contribution in [0.15, 0.2) is 59.7 Å². The molecule has 1 aromatic heterocycles. The van der Waals surface area contributed by atoms with Crippen molar-refractivity contribution in [1.82, 2.24) is 9.55 Å². The molecule has 6 nitrogen and oxygen atoms in total. The number of nitrogens with one attached hydrogen (secondary N) is 1. The molecule has 0 atom stereocenters. The van der Waals surface area contributed by atoms with Crippen molar-refractivity contribution in [3.05, 3.63) is 70.8 Å². The molecule has 0 saturated heterocycles. The van der Waals surface area contributed by atoms with E-state index in [2.05, 4.69) is 22.4 Å². The second-order valence-electron chi connectivity index (χ2n) is 5.77. The first kappa shape index (κ1) is 16.9. The summed E-state index contributed by atoms with van der Waals surface area (Å²) < 4.78 is 1.59. The first-order chi connectivity index (χ1) is 12.2. The van der Waals surface area contributed by atoms with Crippen molar-refractivity contribution in [3.63, 3.8) is 0 Å². The van der Waals surface area contributed by atoms with Gasteiger partial charge in [-0.15, -0.1) is 0 Å². The van der Waals surface area contributed by atoms with E-state index in [9.17, 15) is 9.59 Å². The largest absolute Gasteiger partial charge is 0.387 e. The third kappa shape index (κ3) is 4.10. The number of aryl methyl sites for hydroxylation is 2. The summed E-state index contributed by atoms with van der Waals surface area (Å²) >= 11 is 0. The number of fused-ring (bicyclic) bond motifs is 1. The smallest absolute Gasteiger partial charge is 0.261 e. The lowest BCUT2D eigenvalue weighted by Crippen LogP contribution is -2.21. The van der Waals surface area contributed by atoms with Crippen LogP contribution in [0.25, 0.3) is 10.9 Å². The Labute approximate surface area is 144 Å². The van der Waals surface area contributed by atoms with Gasteiger partial charge in [0.15, 0.2) is 0 Å². The molecular formula is C19H19N3O3. The summed E-state index contributed by atoms with van der Waals surface area (Å²) in [4.78, 5) is 28.2. The number of hydrogen-bond donors (Lipinski definition) is 2. The Morgan fingerprint density at radius 3 is 2.72 bits per heavy atom. The van der Waals surface area contributed by atoms with Crippen molar-refractivity contribution in [2.45, 2.75) is 19.4 Å². The molecule has 0 aliphatic rings. The molecule has 6 heteroatoms. The van der Waals surface area contributed by atoms with Gasteiger partial charge in [0.2, 0.25) is 5.91 Å². The lowest BCUT2D eigenvalue weighted by molar-refractivity contribution is -0.118. The molecule has 0 spiro atoms. The van der Waals surface area contributed by atoms with Crippen LogP contribution in [0.5, 0.6) is 0 Å². The average molecular weight is 337 g/mol. The molecule has 0 fully saturated rings. The normalized spacial score (nSPS) is 10.8. The molecule has 3 aromatic rings. The number of nitrogens with zero attached hydrogens (tertiary/aromatic N) is 2. The molecule has 1 amide bonds. The molecule has 0 radical (unpaired) electrons. The standard InChI is InChI=1S/C19H19N3O3/c23-12-18(24)21-15-8-9-17-16(11-15)19(25)22(13-20-17)10-4-7-14-5-2-1-3-6-14/h1-3,5-6,8-9,11,13,23H,4,7,10,12H2,(H,21,24). The van der Waals surface area contributed by atoms with Gasteiger partial charge in [0.25, 0.3) is 5.56 Å². The SMILES string of the molecule is O=C(CO)Nc1ccc2ncn(CCCc3ccccc3)c(=O)c2c1. The summed E-state index contributed by atoms with van der Waals surface area (Å²) in [6.45, 7) is -0.0291. The van der Waals surface area contributed by atoms with Crippen molar-refractivity contribution in [2.24, 2.45) is 0 Å². The van der Waals surface area contributed by atoms with E-state index in [-0.39, 0.29) is 5.56 Å². The fraction of sp³-hybridized carbons (Fsp3) is 0.211. The first-order valence-corrected chi connectivity index (χ1v) is 8.11. The Balaban J connectivity index is 1.78. The highest BCUT2D eigenvalue weighted by Crippen LogP contribution is 2.14. The zero-order valence-corrected chi connectivity index (χ0v) is 13.7. The highest BCUT2D eigenvalue weighted by atomic mass is 16.3. The topological polar surface area (TPSA) is 84.2 Å². The number of aliphatic hydroxyl groups excluding tert-OH is 1. The van der Waals surface area contributed by atoms with E-state index in [0.29, 0.717) is 23.1 Å². The molecule has 128 valence electrons. The van der Waals surface area contributed by atoms with Crippen molar-refractivity contribution >= 4 is 22.5 Å². The van der Waals surface area contributed by atoms with Crippen LogP contribution in [-0.4, -0.2) is 27.2 Å². The van der Waals surface area contributed by atoms with Gasteiger partial charge in [-0.3, -0.25) is 14.2 Å². The van der Waals surface area contributed by atoms with Gasteiger partial charge in [-0.1, -0.05) is 30.3 Å². The quantitative estimate of drug-likeness (QED) is 0.720. The van der Waals surface area contributed by atoms with Gasteiger partial charge in [0.05, 0.1) is 17.2 Å². The molecular weight excluding hydrogens is 318 g/mol. The maximum absolute atomic E-state index is 12.6. The average Bonchev–Trinajstić information content (AvgIpc) is 2.65. The van der Waals surface area contributed by atoms with Crippen LogP contribution >= 0.6 is 0 Å². The second kappa shape index (κ2) is 7.72. The zero-order chi connectivity index (χ0) is 17.6. The van der Waals surface area contributed by atoms with Crippen LogP contribution < -0.4 is 10.9 Å². The van der Waals surface area contributed by atoms with Crippen molar-refractivity contribution < 1.29 is 9.90 Å². The van der Waals surface area contributed by atoms with E-state index in [1.54, 1.807) is 29.1 Å². The minimum atomic E-state index is -0.602. The number of amides is 1. The summed E-state index contributed by atoms with van der Waals surface area (Å²) in [7, 11) is 0. The molecule has 0 unspecified atom stereocenters. The van der Waals surface area contributed by atoms with Gasteiger partial charge in [-0.2, -0.15) is 0 Å². The van der Waals surface area contributed by atoms with Crippen LogP contribution in [0.3, 0.4) is 0 Å². The lowest BCUT2D eigenvalue weighted by Gasteiger charge is -2.08. The van der Waals surface area contributed by atoms with E-state index in [1.807, 2.05) is 18.2 Å². The predicted molar refractivity (Wildman–Crippen MR) is 96.5 cm³/mol. The Kier molecular flexibility index (Phi) is 5.20. The number of anilines is 1. The second-order valence-corrected chi connectivity index (χ2v) is 5.77. The van der Waals surface area contributed by atoms with Crippen LogP contribution in [0.4, 0.5) is 5.69 Å². The van der Waals surface area contributed by atoms with E-state index in [4.69, 9.17) is 5.11 Å². The van der Waals surface area contributed by atoms with E-state index in [1.165, 1.54) is 5.56 Å². The number of aromatic nitrogens is 2. The van der Waals surface area contributed by atoms with Crippen molar-refractivity contribution in [3.8, 4) is 0 Å². The number of rotatable bonds is 6. The molecule has 0 bridgehead atoms. The zero-order valence-electron chi connectivity index (χ0n) is 13.7. The van der Waals surface area contributed by atoms with Crippen molar-refractivity contribution in [1.29, 1.82) is 0 Å². The fourth-order valence-electron chi connectivity index (χ4n) is 2.69. The van der Waals surface area contributed by atoms with Gasteiger partial charge in [-0.05, 0) is 36.6 Å². The number of benzene rings is 2. The Morgan fingerprint density at radius 1 is 1.16 bits per heavy atom. The predicted octanol–water partition coefficient (Wildman–Crippen LogP) is 1.96. The lowest BCUT2D eigenvalue weighted by atomic mass is 10.1. The highest BCUT2D eigenvalue weighted by Gasteiger charge is 2.07. The molecule has 0 saturated carbocycles. The van der Waals surface area contributed by atoms with E-state index < -0.39 is 12.5 Å². The monoisotopic (exact) mass is 337 g/mol. The summed E-state index contributed by atoms with van der Waals surface area (Å²) in [5.41, 5.74) is 2.13. The number of aliphatic hydroxyl groups is 1. The third-order valence-electron chi connectivity index (χ3n) is 3.96. The van der Waals surface area contributed by atoms with Crippen molar-refractivity contribution in [2.75, 3.05) is 11.9 Å². The molecule has 25 heavy (non-hydrogen) atoms. The van der Waals surface area contributed by atoms with Crippen LogP contribution in [-0.2, 0) is 17.8 Å². The Morgan fingerprint density at radius 2 is 1.96 bits per heavy atom. The van der Waals surface area contributed by atoms with Gasteiger partial charge < -0.3 is 10.4 Å². The maximum atomic E-state index is 12.6. The summed E-state index contributed by atoms with van der Waals surface area (Å²) in [6.07, 6.45) is 3.28. The van der Waals surface area contributed by atoms with E-state index in [0.717, 1.165) is 12.8 Å². The summed E-state index contributed by atoms with van der Waals surface area (Å²) in [5.74, 6) is -0.522. The minimum Gasteiger partial charge on any atom is -0.387 e. The molecule has 0 aliphatic carbocycles. The first-order valence-electron chi connectivity index (χ1n) is 8.11. The molecule has 2 aromatic carbocycles. The van der Waals surface area contributed by atoms with Gasteiger partial charge in [0.1, 0.15) is 6.61 Å². The molecule has 1 heterocycles. The third-order valence-corrected chi connectivity index (χ3v) is 3.96. The van der Waals surface area contributed by atoms with Crippen LogP contribution in [0, 0.1) is 0 Å². The van der Waals surface area contributed by atoms with Gasteiger partial charge >= 0.3 is 0 Å². The summed E-state index contributed by atoms with van der Waals surface area (Å²) in [6, 6.07) is 15.0. The van der Waals surface area contributed by atoms with Gasteiger partial charge in [0, 0.05) is 12.2 Å². The maximum Gasteiger partial charge on any atom is 0.261 e. The van der Waals surface area contributed by atoms with Crippen LogP contribution in [0.1, 0.15) is 12.0 Å². The summed E-state index contributed by atoms with van der Waals surface area (Å²) in [5, 5.41) is 11.8. The number of hydrogen-bond acceptors (Lipinski definition) is 4. The van der Waals surface area contributed by atoms with Gasteiger partial charge in [-0.25, -0.2) is 4.98 Å². The minimum absolute atomic E-state index is 0.141.